The molecule has 0 bridgehead atoms. The maximum absolute atomic E-state index is 12.7. The first-order valence-electron chi connectivity index (χ1n) is 8.57. The van der Waals surface area contributed by atoms with Crippen molar-refractivity contribution in [1.29, 1.82) is 0 Å². The first-order chi connectivity index (χ1) is 13.5. The van der Waals surface area contributed by atoms with Crippen LogP contribution in [0.25, 0.3) is 11.5 Å². The van der Waals surface area contributed by atoms with E-state index in [-0.39, 0.29) is 15.5 Å². The number of carbonyl (C=O) groups is 1. The van der Waals surface area contributed by atoms with E-state index in [0.29, 0.717) is 17.1 Å². The number of anilines is 1. The van der Waals surface area contributed by atoms with Crippen molar-refractivity contribution >= 4 is 33.2 Å². The Balaban J connectivity index is 1.86. The van der Waals surface area contributed by atoms with Crippen molar-refractivity contribution in [3.8, 4) is 11.5 Å². The van der Waals surface area contributed by atoms with E-state index >= 15 is 0 Å². The van der Waals surface area contributed by atoms with Crippen LogP contribution in [-0.2, 0) is 10.0 Å². The highest BCUT2D eigenvalue weighted by molar-refractivity contribution is 7.89. The number of amides is 1. The Bertz CT molecular complexity index is 1140. The lowest BCUT2D eigenvalue weighted by Gasteiger charge is -2.21. The maximum Gasteiger partial charge on any atom is 0.255 e. The Morgan fingerprint density at radius 2 is 1.90 bits per heavy atom. The Kier molecular flexibility index (Phi) is 5.74. The number of aromatic nitrogens is 2. The van der Waals surface area contributed by atoms with Crippen molar-refractivity contribution in [2.75, 3.05) is 5.32 Å². The average Bonchev–Trinajstić information content (AvgIpc) is 3.14. The maximum atomic E-state index is 12.7. The lowest BCUT2D eigenvalue weighted by atomic mass is 10.1. The lowest BCUT2D eigenvalue weighted by Crippen LogP contribution is -2.40. The summed E-state index contributed by atoms with van der Waals surface area (Å²) in [5, 5.41) is 10.2. The third kappa shape index (κ3) is 5.20. The van der Waals surface area contributed by atoms with Crippen LogP contribution in [0.5, 0.6) is 0 Å². The number of hydrogen-bond donors (Lipinski definition) is 2. The van der Waals surface area contributed by atoms with E-state index in [1.165, 1.54) is 24.6 Å². The molecule has 0 aliphatic carbocycles. The van der Waals surface area contributed by atoms with Gasteiger partial charge in [-0.05, 0) is 57.2 Å². The summed E-state index contributed by atoms with van der Waals surface area (Å²) in [5.41, 5.74) is 0.564. The van der Waals surface area contributed by atoms with E-state index in [9.17, 15) is 13.2 Å². The number of benzene rings is 2. The third-order valence-electron chi connectivity index (χ3n) is 3.65. The molecule has 2 aromatic carbocycles. The highest BCUT2D eigenvalue weighted by atomic mass is 35.5. The van der Waals surface area contributed by atoms with E-state index in [1.54, 1.807) is 45.0 Å². The minimum absolute atomic E-state index is 0.0247. The van der Waals surface area contributed by atoms with Crippen molar-refractivity contribution < 1.29 is 17.6 Å². The smallest absolute Gasteiger partial charge is 0.255 e. The standard InChI is InChI=1S/C19H19ClN4O4S/c1-19(2,3)24-29(26,27)16-10-12(7-8-15(16)20)17(25)22-14-6-4-5-13(9-14)18-23-21-11-28-18/h4-11,24H,1-3H3,(H,22,25). The number of nitrogens with one attached hydrogen (secondary N) is 2. The van der Waals surface area contributed by atoms with Gasteiger partial charge in [-0.3, -0.25) is 4.79 Å². The van der Waals surface area contributed by atoms with Gasteiger partial charge in [0.2, 0.25) is 22.3 Å². The third-order valence-corrected chi connectivity index (χ3v) is 5.89. The zero-order valence-electron chi connectivity index (χ0n) is 15.9. The SMILES string of the molecule is CC(C)(C)NS(=O)(=O)c1cc(C(=O)Nc2cccc(-c3nnco3)c2)ccc1Cl. The van der Waals surface area contributed by atoms with Gasteiger partial charge in [-0.2, -0.15) is 0 Å². The fraction of sp³-hybridized carbons (Fsp3) is 0.211. The van der Waals surface area contributed by atoms with Crippen LogP contribution >= 0.6 is 11.6 Å². The van der Waals surface area contributed by atoms with E-state index in [0.717, 1.165) is 0 Å². The number of sulfonamides is 1. The monoisotopic (exact) mass is 434 g/mol. The Morgan fingerprint density at radius 1 is 1.14 bits per heavy atom. The van der Waals surface area contributed by atoms with Gasteiger partial charge in [0.1, 0.15) is 4.90 Å². The molecule has 0 spiro atoms. The van der Waals surface area contributed by atoms with Gasteiger partial charge in [-0.1, -0.05) is 17.7 Å². The molecule has 0 saturated heterocycles. The van der Waals surface area contributed by atoms with Gasteiger partial charge in [-0.25, -0.2) is 13.1 Å². The molecule has 0 aliphatic heterocycles. The average molecular weight is 435 g/mol. The molecule has 0 saturated carbocycles. The number of rotatable bonds is 5. The van der Waals surface area contributed by atoms with Crippen LogP contribution in [0.4, 0.5) is 5.69 Å². The summed E-state index contributed by atoms with van der Waals surface area (Å²) in [5.74, 6) is -0.175. The molecule has 29 heavy (non-hydrogen) atoms. The molecular weight excluding hydrogens is 416 g/mol. The topological polar surface area (TPSA) is 114 Å². The molecule has 8 nitrogen and oxygen atoms in total. The molecule has 0 radical (unpaired) electrons. The van der Waals surface area contributed by atoms with E-state index in [1.807, 2.05) is 0 Å². The molecule has 0 aliphatic rings. The molecule has 0 atom stereocenters. The van der Waals surface area contributed by atoms with Gasteiger partial charge >= 0.3 is 0 Å². The quantitative estimate of drug-likeness (QED) is 0.632. The zero-order chi connectivity index (χ0) is 21.2. The molecule has 0 unspecified atom stereocenters. The van der Waals surface area contributed by atoms with Gasteiger partial charge in [0, 0.05) is 22.4 Å². The summed E-state index contributed by atoms with van der Waals surface area (Å²) in [6, 6.07) is 10.9. The van der Waals surface area contributed by atoms with Crippen LogP contribution in [0.3, 0.4) is 0 Å². The summed E-state index contributed by atoms with van der Waals surface area (Å²) < 4.78 is 32.9. The number of hydrogen-bond acceptors (Lipinski definition) is 6. The minimum atomic E-state index is -3.90. The summed E-state index contributed by atoms with van der Waals surface area (Å²) >= 11 is 6.08. The molecular formula is C19H19ClN4O4S. The first-order valence-corrected chi connectivity index (χ1v) is 10.4. The van der Waals surface area contributed by atoms with Crippen molar-refractivity contribution in [3.63, 3.8) is 0 Å². The van der Waals surface area contributed by atoms with E-state index in [2.05, 4.69) is 20.2 Å². The summed E-state index contributed by atoms with van der Waals surface area (Å²) in [7, 11) is -3.90. The molecule has 2 N–H and O–H groups in total. The molecule has 10 heteroatoms. The Labute approximate surface area is 173 Å². The van der Waals surface area contributed by atoms with Gasteiger partial charge in [0.05, 0.1) is 5.02 Å². The minimum Gasteiger partial charge on any atom is -0.423 e. The fourth-order valence-corrected chi connectivity index (χ4v) is 4.49. The predicted octanol–water partition coefficient (Wildman–Crippen LogP) is 3.72. The van der Waals surface area contributed by atoms with E-state index in [4.69, 9.17) is 16.0 Å². The van der Waals surface area contributed by atoms with Crippen molar-refractivity contribution in [3.05, 3.63) is 59.4 Å². The van der Waals surface area contributed by atoms with Crippen molar-refractivity contribution in [2.24, 2.45) is 0 Å². The lowest BCUT2D eigenvalue weighted by molar-refractivity contribution is 0.102. The number of carbonyl (C=O) groups excluding carboxylic acids is 1. The largest absolute Gasteiger partial charge is 0.423 e. The highest BCUT2D eigenvalue weighted by Crippen LogP contribution is 2.25. The van der Waals surface area contributed by atoms with Gasteiger partial charge < -0.3 is 9.73 Å². The molecule has 0 fully saturated rings. The second-order valence-electron chi connectivity index (χ2n) is 7.28. The van der Waals surface area contributed by atoms with Crippen molar-refractivity contribution in [2.45, 2.75) is 31.2 Å². The molecule has 3 aromatic rings. The number of nitrogens with zero attached hydrogens (tertiary/aromatic N) is 2. The van der Waals surface area contributed by atoms with Gasteiger partial charge in [0.15, 0.2) is 0 Å². The molecule has 1 heterocycles. The zero-order valence-corrected chi connectivity index (χ0v) is 17.5. The summed E-state index contributed by atoms with van der Waals surface area (Å²) in [4.78, 5) is 12.5. The van der Waals surface area contributed by atoms with E-state index < -0.39 is 21.5 Å². The highest BCUT2D eigenvalue weighted by Gasteiger charge is 2.25. The van der Waals surface area contributed by atoms with Crippen LogP contribution in [0.15, 0.2) is 58.2 Å². The predicted molar refractivity (Wildman–Crippen MR) is 109 cm³/mol. The van der Waals surface area contributed by atoms with Crippen LogP contribution < -0.4 is 10.0 Å². The summed E-state index contributed by atoms with van der Waals surface area (Å²) in [6.07, 6.45) is 1.21. The van der Waals surface area contributed by atoms with Gasteiger partial charge in [0.25, 0.3) is 5.91 Å². The van der Waals surface area contributed by atoms with Crippen LogP contribution in [0.2, 0.25) is 5.02 Å². The second-order valence-corrected chi connectivity index (χ2v) is 9.34. The first kappa shape index (κ1) is 21.0. The van der Waals surface area contributed by atoms with Crippen molar-refractivity contribution in [1.82, 2.24) is 14.9 Å². The van der Waals surface area contributed by atoms with Gasteiger partial charge in [-0.15, -0.1) is 10.2 Å². The normalized spacial score (nSPS) is 12.0. The Morgan fingerprint density at radius 3 is 2.55 bits per heavy atom. The Hall–Kier alpha value is -2.75. The molecule has 3 rings (SSSR count). The summed E-state index contributed by atoms with van der Waals surface area (Å²) in [6.45, 7) is 5.14. The fourth-order valence-electron chi connectivity index (χ4n) is 2.54. The number of halogens is 1. The van der Waals surface area contributed by atoms with Crippen LogP contribution in [0.1, 0.15) is 31.1 Å². The molecule has 1 amide bonds. The van der Waals surface area contributed by atoms with Crippen LogP contribution in [-0.4, -0.2) is 30.1 Å². The molecule has 1 aromatic heterocycles. The molecule has 152 valence electrons. The second kappa shape index (κ2) is 7.94. The van der Waals surface area contributed by atoms with Crippen LogP contribution in [0, 0.1) is 0 Å².